The molecule has 0 radical (unpaired) electrons. The Morgan fingerprint density at radius 3 is 2.67 bits per heavy atom. The zero-order chi connectivity index (χ0) is 16.9. The summed E-state index contributed by atoms with van der Waals surface area (Å²) in [6.07, 6.45) is 0. The summed E-state index contributed by atoms with van der Waals surface area (Å²) < 4.78 is 0. The summed E-state index contributed by atoms with van der Waals surface area (Å²) in [5, 5.41) is 16.8. The number of nitriles is 1. The third-order valence-corrected chi connectivity index (χ3v) is 4.50. The van der Waals surface area contributed by atoms with Crippen LogP contribution in [-0.4, -0.2) is 10.7 Å². The largest absolute Gasteiger partial charge is 0.276 e. The molecule has 0 unspecified atom stereocenters. The Hall–Kier alpha value is -2.39. The molecule has 0 saturated carbocycles. The Kier molecular flexibility index (Phi) is 5.11. The lowest BCUT2D eigenvalue weighted by Crippen LogP contribution is -2.01. The number of rotatable bonds is 4. The van der Waals surface area contributed by atoms with E-state index in [1.807, 2.05) is 35.7 Å². The van der Waals surface area contributed by atoms with Crippen molar-refractivity contribution in [1.82, 2.24) is 4.98 Å². The molecule has 1 heterocycles. The van der Waals surface area contributed by atoms with Crippen molar-refractivity contribution < 1.29 is 0 Å². The first-order chi connectivity index (χ1) is 11.7. The second-order valence-electron chi connectivity index (χ2n) is 4.71. The molecule has 0 bridgehead atoms. The van der Waals surface area contributed by atoms with E-state index >= 15 is 0 Å². The quantitative estimate of drug-likeness (QED) is 0.488. The first-order valence-corrected chi connectivity index (χ1v) is 8.51. The number of hydrogen-bond donors (Lipinski definition) is 1. The van der Waals surface area contributed by atoms with Gasteiger partial charge in [-0.3, -0.25) is 5.43 Å². The molecule has 24 heavy (non-hydrogen) atoms. The van der Waals surface area contributed by atoms with Crippen LogP contribution in [0.15, 0.2) is 59.0 Å². The third kappa shape index (κ3) is 3.74. The predicted molar refractivity (Wildman–Crippen MR) is 99.8 cm³/mol. The minimum Gasteiger partial charge on any atom is -0.276 e. The highest BCUT2D eigenvalue weighted by molar-refractivity contribution is 7.12. The van der Waals surface area contributed by atoms with Gasteiger partial charge in [0.2, 0.25) is 0 Å². The molecule has 3 aromatic rings. The summed E-state index contributed by atoms with van der Waals surface area (Å²) in [5.41, 5.74) is 5.33. The summed E-state index contributed by atoms with van der Waals surface area (Å²) in [6.45, 7) is 0. The zero-order valence-corrected chi connectivity index (χ0v) is 14.5. The molecular formula is C17H10Cl2N4S. The molecule has 0 amide bonds. The molecule has 1 N–H and O–H groups in total. The number of anilines is 1. The standard InChI is InChI=1S/C17H10Cl2N4S/c18-12-6-7-14(13(19)8-12)22-23-15(9-20)17-21-16(10-24-17)11-4-2-1-3-5-11/h1-8,10,22H/b23-15-. The lowest BCUT2D eigenvalue weighted by molar-refractivity contribution is 1.31. The van der Waals surface area contributed by atoms with E-state index in [9.17, 15) is 5.26 Å². The van der Waals surface area contributed by atoms with Gasteiger partial charge >= 0.3 is 0 Å². The van der Waals surface area contributed by atoms with Gasteiger partial charge in [0.1, 0.15) is 6.07 Å². The topological polar surface area (TPSA) is 61.1 Å². The second-order valence-corrected chi connectivity index (χ2v) is 6.41. The van der Waals surface area contributed by atoms with Crippen LogP contribution in [0, 0.1) is 11.3 Å². The summed E-state index contributed by atoms with van der Waals surface area (Å²) in [5.74, 6) is 0. The smallest absolute Gasteiger partial charge is 0.196 e. The maximum atomic E-state index is 9.34. The van der Waals surface area contributed by atoms with Crippen LogP contribution >= 0.6 is 34.5 Å². The lowest BCUT2D eigenvalue weighted by Gasteiger charge is -2.03. The maximum Gasteiger partial charge on any atom is 0.196 e. The Bertz CT molecular complexity index is 929. The normalized spacial score (nSPS) is 11.1. The van der Waals surface area contributed by atoms with Crippen LogP contribution < -0.4 is 5.43 Å². The fourth-order valence-electron chi connectivity index (χ4n) is 1.94. The average molecular weight is 373 g/mol. The van der Waals surface area contributed by atoms with Gasteiger partial charge in [0.25, 0.3) is 0 Å². The average Bonchev–Trinajstić information content (AvgIpc) is 3.08. The Morgan fingerprint density at radius 2 is 1.96 bits per heavy atom. The molecule has 1 aromatic heterocycles. The molecule has 0 fully saturated rings. The van der Waals surface area contributed by atoms with Crippen molar-refractivity contribution in [3.63, 3.8) is 0 Å². The number of halogens is 2. The predicted octanol–water partition coefficient (Wildman–Crippen LogP) is 5.46. The van der Waals surface area contributed by atoms with Crippen molar-refractivity contribution in [3.8, 4) is 17.3 Å². The number of hydrogen-bond acceptors (Lipinski definition) is 5. The fraction of sp³-hybridized carbons (Fsp3) is 0. The van der Waals surface area contributed by atoms with E-state index < -0.39 is 0 Å². The summed E-state index contributed by atoms with van der Waals surface area (Å²) in [7, 11) is 0. The van der Waals surface area contributed by atoms with Gasteiger partial charge in [-0.25, -0.2) is 4.98 Å². The number of hydrazone groups is 1. The van der Waals surface area contributed by atoms with Crippen LogP contribution in [0.1, 0.15) is 5.01 Å². The molecule has 4 nitrogen and oxygen atoms in total. The van der Waals surface area contributed by atoms with Crippen molar-refractivity contribution in [2.45, 2.75) is 0 Å². The minimum atomic E-state index is 0.188. The molecule has 0 aliphatic carbocycles. The van der Waals surface area contributed by atoms with E-state index in [4.69, 9.17) is 23.2 Å². The van der Waals surface area contributed by atoms with Crippen molar-refractivity contribution >= 4 is 45.9 Å². The monoisotopic (exact) mass is 372 g/mol. The number of nitrogens with zero attached hydrogens (tertiary/aromatic N) is 3. The van der Waals surface area contributed by atoms with Gasteiger partial charge < -0.3 is 0 Å². The van der Waals surface area contributed by atoms with E-state index in [2.05, 4.69) is 21.6 Å². The lowest BCUT2D eigenvalue weighted by atomic mass is 10.2. The first kappa shape index (κ1) is 16.5. The molecule has 2 aromatic carbocycles. The highest BCUT2D eigenvalue weighted by Gasteiger charge is 2.10. The Labute approximate surface area is 153 Å². The molecule has 3 rings (SSSR count). The van der Waals surface area contributed by atoms with Crippen molar-refractivity contribution in [2.75, 3.05) is 5.43 Å². The third-order valence-electron chi connectivity index (χ3n) is 3.10. The van der Waals surface area contributed by atoms with Gasteiger partial charge in [0.05, 0.1) is 16.4 Å². The van der Waals surface area contributed by atoms with Gasteiger partial charge in [-0.2, -0.15) is 10.4 Å². The van der Waals surface area contributed by atoms with Gasteiger partial charge in [0, 0.05) is 16.0 Å². The van der Waals surface area contributed by atoms with Crippen LogP contribution in [0.4, 0.5) is 5.69 Å². The van der Waals surface area contributed by atoms with Crippen molar-refractivity contribution in [2.24, 2.45) is 5.10 Å². The molecule has 0 aliphatic heterocycles. The molecule has 118 valence electrons. The molecule has 0 saturated heterocycles. The Morgan fingerprint density at radius 1 is 1.17 bits per heavy atom. The summed E-state index contributed by atoms with van der Waals surface area (Å²) in [4.78, 5) is 4.47. The second kappa shape index (κ2) is 7.45. The molecule has 0 aliphatic rings. The van der Waals surface area contributed by atoms with E-state index in [0.29, 0.717) is 20.7 Å². The van der Waals surface area contributed by atoms with E-state index in [-0.39, 0.29) is 5.71 Å². The summed E-state index contributed by atoms with van der Waals surface area (Å²) in [6, 6.07) is 16.8. The number of benzene rings is 2. The SMILES string of the molecule is N#C/C(=N/Nc1ccc(Cl)cc1Cl)c1nc(-c2ccccc2)cs1. The number of nitrogens with one attached hydrogen (secondary N) is 1. The van der Waals surface area contributed by atoms with E-state index in [0.717, 1.165) is 11.3 Å². The zero-order valence-electron chi connectivity index (χ0n) is 12.2. The molecule has 7 heteroatoms. The van der Waals surface area contributed by atoms with E-state index in [1.165, 1.54) is 11.3 Å². The van der Waals surface area contributed by atoms with Crippen LogP contribution in [-0.2, 0) is 0 Å². The first-order valence-electron chi connectivity index (χ1n) is 6.87. The highest BCUT2D eigenvalue weighted by atomic mass is 35.5. The minimum absolute atomic E-state index is 0.188. The van der Waals surface area contributed by atoms with Crippen LogP contribution in [0.25, 0.3) is 11.3 Å². The van der Waals surface area contributed by atoms with Gasteiger partial charge in [0.15, 0.2) is 10.7 Å². The molecule has 0 atom stereocenters. The van der Waals surface area contributed by atoms with Gasteiger partial charge in [-0.15, -0.1) is 11.3 Å². The maximum absolute atomic E-state index is 9.34. The molecular weight excluding hydrogens is 363 g/mol. The summed E-state index contributed by atoms with van der Waals surface area (Å²) >= 11 is 13.3. The Balaban J connectivity index is 1.84. The van der Waals surface area contributed by atoms with Crippen LogP contribution in [0.2, 0.25) is 10.0 Å². The van der Waals surface area contributed by atoms with Gasteiger partial charge in [-0.1, -0.05) is 53.5 Å². The number of aromatic nitrogens is 1. The van der Waals surface area contributed by atoms with Gasteiger partial charge in [-0.05, 0) is 18.2 Å². The van der Waals surface area contributed by atoms with Crippen LogP contribution in [0.3, 0.4) is 0 Å². The highest BCUT2D eigenvalue weighted by Crippen LogP contribution is 2.26. The number of thiazole rings is 1. The molecule has 0 spiro atoms. The van der Waals surface area contributed by atoms with Crippen LogP contribution in [0.5, 0.6) is 0 Å². The van der Waals surface area contributed by atoms with Crippen molar-refractivity contribution in [1.29, 1.82) is 5.26 Å². The van der Waals surface area contributed by atoms with E-state index in [1.54, 1.807) is 18.2 Å². The fourth-order valence-corrected chi connectivity index (χ4v) is 3.16. The van der Waals surface area contributed by atoms with Crippen molar-refractivity contribution in [3.05, 3.63) is 69.0 Å².